The number of H-pyrrole nitrogens is 1. The highest BCUT2D eigenvalue weighted by Crippen LogP contribution is 2.18. The first-order valence-corrected chi connectivity index (χ1v) is 7.45. The Bertz CT molecular complexity index is 439. The lowest BCUT2D eigenvalue weighted by Gasteiger charge is -2.12. The molecule has 6 nitrogen and oxygen atoms in total. The molecule has 0 bridgehead atoms. The number of hydrogen-bond donors (Lipinski definition) is 3. The molecule has 0 aromatic carbocycles. The molecule has 1 atom stereocenters. The molecule has 1 aromatic heterocycles. The predicted octanol–water partition coefficient (Wildman–Crippen LogP) is 0.142. The number of nitrogens with one attached hydrogen (secondary N) is 3. The average Bonchev–Trinajstić information content (AvgIpc) is 2.91. The van der Waals surface area contributed by atoms with E-state index in [2.05, 4.69) is 20.0 Å². The fourth-order valence-electron chi connectivity index (χ4n) is 1.58. The van der Waals surface area contributed by atoms with Crippen LogP contribution in [-0.4, -0.2) is 36.7 Å². The van der Waals surface area contributed by atoms with Crippen LogP contribution < -0.4 is 10.0 Å². The van der Waals surface area contributed by atoms with Crippen molar-refractivity contribution in [1.82, 2.24) is 20.0 Å². The Morgan fingerprint density at radius 1 is 1.59 bits per heavy atom. The zero-order chi connectivity index (χ0) is 12.3. The molecular weight excluding hydrogens is 240 g/mol. The number of nitrogens with zero attached hydrogens (tertiary/aromatic N) is 1. The van der Waals surface area contributed by atoms with Crippen LogP contribution in [-0.2, 0) is 10.0 Å². The summed E-state index contributed by atoms with van der Waals surface area (Å²) >= 11 is 0. The van der Waals surface area contributed by atoms with Gasteiger partial charge in [-0.3, -0.25) is 0 Å². The topological polar surface area (TPSA) is 86.9 Å². The Morgan fingerprint density at radius 2 is 2.35 bits per heavy atom. The fraction of sp³-hybridized carbons (Fsp3) is 0.700. The quantitative estimate of drug-likeness (QED) is 0.649. The molecule has 1 aliphatic carbocycles. The molecule has 1 aromatic rings. The minimum Gasteiger partial charge on any atom is -0.347 e. The third kappa shape index (κ3) is 4.10. The third-order valence-electron chi connectivity index (χ3n) is 2.67. The largest absolute Gasteiger partial charge is 0.347 e. The van der Waals surface area contributed by atoms with Gasteiger partial charge in [0.05, 0.1) is 11.8 Å². The summed E-state index contributed by atoms with van der Waals surface area (Å²) < 4.78 is 26.1. The first kappa shape index (κ1) is 12.5. The summed E-state index contributed by atoms with van der Waals surface area (Å²) in [5.74, 6) is 0.734. The van der Waals surface area contributed by atoms with E-state index >= 15 is 0 Å². The van der Waals surface area contributed by atoms with Gasteiger partial charge in [-0.2, -0.15) is 0 Å². The molecule has 96 valence electrons. The van der Waals surface area contributed by atoms with Crippen LogP contribution in [0.15, 0.2) is 12.4 Å². The van der Waals surface area contributed by atoms with E-state index < -0.39 is 10.0 Å². The zero-order valence-corrected chi connectivity index (χ0v) is 10.6. The van der Waals surface area contributed by atoms with Gasteiger partial charge < -0.3 is 10.3 Å². The Labute approximate surface area is 101 Å². The van der Waals surface area contributed by atoms with Crippen molar-refractivity contribution in [3.05, 3.63) is 18.2 Å². The minimum atomic E-state index is -3.25. The highest BCUT2D eigenvalue weighted by atomic mass is 32.2. The average molecular weight is 258 g/mol. The van der Waals surface area contributed by atoms with Gasteiger partial charge in [0.1, 0.15) is 5.82 Å². The van der Waals surface area contributed by atoms with Gasteiger partial charge in [-0.15, -0.1) is 0 Å². The second-order valence-corrected chi connectivity index (χ2v) is 6.23. The molecule has 1 aliphatic rings. The van der Waals surface area contributed by atoms with Crippen LogP contribution >= 0.6 is 0 Å². The molecule has 17 heavy (non-hydrogen) atoms. The summed E-state index contributed by atoms with van der Waals surface area (Å²) in [6.07, 6.45) is 5.61. The van der Waals surface area contributed by atoms with Gasteiger partial charge in [-0.05, 0) is 19.8 Å². The summed E-state index contributed by atoms with van der Waals surface area (Å²) in [7, 11) is -3.25. The lowest BCUT2D eigenvalue weighted by Crippen LogP contribution is -2.34. The summed E-state index contributed by atoms with van der Waals surface area (Å²) in [5.41, 5.74) is 0. The van der Waals surface area contributed by atoms with Crippen LogP contribution in [0, 0.1) is 0 Å². The van der Waals surface area contributed by atoms with Crippen LogP contribution in [0.25, 0.3) is 0 Å². The van der Waals surface area contributed by atoms with E-state index in [1.54, 1.807) is 19.3 Å². The van der Waals surface area contributed by atoms with Crippen LogP contribution in [0.4, 0.5) is 0 Å². The van der Waals surface area contributed by atoms with Crippen molar-refractivity contribution in [1.29, 1.82) is 0 Å². The second-order valence-electron chi connectivity index (χ2n) is 4.36. The Morgan fingerprint density at radius 3 is 2.94 bits per heavy atom. The summed E-state index contributed by atoms with van der Waals surface area (Å²) in [5, 5.41) is 3.18. The van der Waals surface area contributed by atoms with Gasteiger partial charge >= 0.3 is 0 Å². The number of imidazole rings is 1. The van der Waals surface area contributed by atoms with Gasteiger partial charge in [0.25, 0.3) is 0 Å². The molecule has 1 heterocycles. The molecule has 7 heteroatoms. The van der Waals surface area contributed by atoms with Gasteiger partial charge in [0.2, 0.25) is 10.0 Å². The van der Waals surface area contributed by atoms with Crippen molar-refractivity contribution >= 4 is 10.0 Å². The molecule has 3 N–H and O–H groups in total. The smallest absolute Gasteiger partial charge is 0.213 e. The standard InChI is InChI=1S/C10H18N4O2S/c1-8(10-12-4-5-13-10)14-17(15,16)7-6-11-9-2-3-9/h4-5,8-9,11,14H,2-3,6-7H2,1H3,(H,12,13). The van der Waals surface area contributed by atoms with E-state index in [1.165, 1.54) is 0 Å². The van der Waals surface area contributed by atoms with Crippen molar-refractivity contribution in [3.63, 3.8) is 0 Å². The number of aromatic nitrogens is 2. The maximum Gasteiger partial charge on any atom is 0.213 e. The summed E-state index contributed by atoms with van der Waals surface area (Å²) in [6.45, 7) is 2.27. The Balaban J connectivity index is 1.79. The number of aromatic amines is 1. The van der Waals surface area contributed by atoms with Crippen LogP contribution in [0.3, 0.4) is 0 Å². The predicted molar refractivity (Wildman–Crippen MR) is 64.9 cm³/mol. The van der Waals surface area contributed by atoms with Gasteiger partial charge in [-0.25, -0.2) is 18.1 Å². The second kappa shape index (κ2) is 5.16. The lowest BCUT2D eigenvalue weighted by molar-refractivity contribution is 0.557. The SMILES string of the molecule is CC(NS(=O)(=O)CCNC1CC1)c1ncc[nH]1. The molecule has 0 saturated heterocycles. The van der Waals surface area contributed by atoms with E-state index in [-0.39, 0.29) is 11.8 Å². The molecule has 2 rings (SSSR count). The van der Waals surface area contributed by atoms with E-state index in [4.69, 9.17) is 0 Å². The van der Waals surface area contributed by atoms with Crippen molar-refractivity contribution < 1.29 is 8.42 Å². The summed E-state index contributed by atoms with van der Waals surface area (Å²) in [4.78, 5) is 6.91. The molecule has 1 fully saturated rings. The molecular formula is C10H18N4O2S. The number of rotatable bonds is 7. The first-order chi connectivity index (χ1) is 8.07. The van der Waals surface area contributed by atoms with E-state index in [9.17, 15) is 8.42 Å². The molecule has 0 amide bonds. The van der Waals surface area contributed by atoms with E-state index in [0.29, 0.717) is 18.4 Å². The maximum atomic E-state index is 11.7. The van der Waals surface area contributed by atoms with E-state index in [1.807, 2.05) is 0 Å². The monoisotopic (exact) mass is 258 g/mol. The molecule has 1 saturated carbocycles. The normalized spacial score (nSPS) is 18.2. The Hall–Kier alpha value is -0.920. The molecule has 0 radical (unpaired) electrons. The van der Waals surface area contributed by atoms with E-state index in [0.717, 1.165) is 12.8 Å². The number of sulfonamides is 1. The number of hydrogen-bond acceptors (Lipinski definition) is 4. The first-order valence-electron chi connectivity index (χ1n) is 5.79. The van der Waals surface area contributed by atoms with Gasteiger partial charge in [-0.1, -0.05) is 0 Å². The third-order valence-corrected chi connectivity index (χ3v) is 4.12. The van der Waals surface area contributed by atoms with Crippen molar-refractivity contribution in [2.24, 2.45) is 0 Å². The lowest BCUT2D eigenvalue weighted by atomic mass is 10.3. The highest BCUT2D eigenvalue weighted by molar-refractivity contribution is 7.89. The van der Waals surface area contributed by atoms with Crippen LogP contribution in [0.1, 0.15) is 31.6 Å². The summed E-state index contributed by atoms with van der Waals surface area (Å²) in [6, 6.07) is 0.212. The van der Waals surface area contributed by atoms with Crippen molar-refractivity contribution in [2.75, 3.05) is 12.3 Å². The van der Waals surface area contributed by atoms with Crippen LogP contribution in [0.2, 0.25) is 0 Å². The van der Waals surface area contributed by atoms with Crippen molar-refractivity contribution in [3.8, 4) is 0 Å². The molecule has 1 unspecified atom stereocenters. The maximum absolute atomic E-state index is 11.7. The Kier molecular flexibility index (Phi) is 3.80. The van der Waals surface area contributed by atoms with Gasteiger partial charge in [0.15, 0.2) is 0 Å². The zero-order valence-electron chi connectivity index (χ0n) is 9.81. The molecule has 0 aliphatic heterocycles. The van der Waals surface area contributed by atoms with Crippen LogP contribution in [0.5, 0.6) is 0 Å². The van der Waals surface area contributed by atoms with Crippen molar-refractivity contribution in [2.45, 2.75) is 31.8 Å². The molecule has 0 spiro atoms. The fourth-order valence-corrected chi connectivity index (χ4v) is 2.74. The minimum absolute atomic E-state index is 0.106. The van der Waals surface area contributed by atoms with Gasteiger partial charge in [0, 0.05) is 25.0 Å². The highest BCUT2D eigenvalue weighted by Gasteiger charge is 2.22.